The summed E-state index contributed by atoms with van der Waals surface area (Å²) in [6.07, 6.45) is 2.25. The molecule has 20 heavy (non-hydrogen) atoms. The van der Waals surface area contributed by atoms with Gasteiger partial charge >= 0.3 is 0 Å². The number of piperidine rings is 1. The fraction of sp³-hybridized carbons (Fsp3) is 0.571. The SMILES string of the molecule is CC(N)C1CCN(Cc2ccc([N+](=O)[O-])cc2Br)CC1. The quantitative estimate of drug-likeness (QED) is 0.675. The van der Waals surface area contributed by atoms with E-state index < -0.39 is 0 Å². The maximum atomic E-state index is 10.7. The second-order valence-corrected chi connectivity index (χ2v) is 6.36. The highest BCUT2D eigenvalue weighted by atomic mass is 79.9. The third-order valence-electron chi connectivity index (χ3n) is 4.02. The van der Waals surface area contributed by atoms with Crippen LogP contribution in [0.15, 0.2) is 22.7 Å². The Kier molecular flexibility index (Phi) is 5.12. The third-order valence-corrected chi connectivity index (χ3v) is 4.76. The number of nitrogens with zero attached hydrogens (tertiary/aromatic N) is 2. The molecule has 1 aromatic carbocycles. The van der Waals surface area contributed by atoms with Gasteiger partial charge in [0.25, 0.3) is 5.69 Å². The van der Waals surface area contributed by atoms with Gasteiger partial charge in [-0.3, -0.25) is 15.0 Å². The lowest BCUT2D eigenvalue weighted by Crippen LogP contribution is -2.39. The number of hydrogen-bond acceptors (Lipinski definition) is 4. The van der Waals surface area contributed by atoms with E-state index in [1.165, 1.54) is 0 Å². The largest absolute Gasteiger partial charge is 0.328 e. The lowest BCUT2D eigenvalue weighted by Gasteiger charge is -2.33. The van der Waals surface area contributed by atoms with Crippen molar-refractivity contribution in [3.8, 4) is 0 Å². The average molecular weight is 342 g/mol. The number of non-ortho nitro benzene ring substituents is 1. The lowest BCUT2D eigenvalue weighted by atomic mass is 9.91. The third kappa shape index (κ3) is 3.77. The van der Waals surface area contributed by atoms with Crippen molar-refractivity contribution in [1.29, 1.82) is 0 Å². The Balaban J connectivity index is 1.96. The Morgan fingerprint density at radius 2 is 2.15 bits per heavy atom. The molecular weight excluding hydrogens is 322 g/mol. The van der Waals surface area contributed by atoms with Crippen molar-refractivity contribution in [2.24, 2.45) is 11.7 Å². The molecule has 2 N–H and O–H groups in total. The van der Waals surface area contributed by atoms with Crippen molar-refractivity contribution in [2.45, 2.75) is 32.4 Å². The van der Waals surface area contributed by atoms with Crippen LogP contribution in [-0.2, 0) is 6.54 Å². The number of nitro benzene ring substituents is 1. The summed E-state index contributed by atoms with van der Waals surface area (Å²) < 4.78 is 0.806. The summed E-state index contributed by atoms with van der Waals surface area (Å²) in [6, 6.07) is 5.24. The summed E-state index contributed by atoms with van der Waals surface area (Å²) in [5, 5.41) is 10.7. The average Bonchev–Trinajstić information content (AvgIpc) is 2.41. The molecule has 0 aromatic heterocycles. The zero-order valence-corrected chi connectivity index (χ0v) is 13.2. The predicted octanol–water partition coefficient (Wildman–Crippen LogP) is 2.92. The van der Waals surface area contributed by atoms with E-state index in [9.17, 15) is 10.1 Å². The molecule has 1 unspecified atom stereocenters. The molecule has 1 aliphatic rings. The van der Waals surface area contributed by atoms with Gasteiger partial charge in [-0.2, -0.15) is 0 Å². The van der Waals surface area contributed by atoms with Gasteiger partial charge in [0.15, 0.2) is 0 Å². The Morgan fingerprint density at radius 3 is 2.65 bits per heavy atom. The van der Waals surface area contributed by atoms with Crippen LogP contribution >= 0.6 is 15.9 Å². The summed E-state index contributed by atoms with van der Waals surface area (Å²) in [6.45, 7) is 4.97. The van der Waals surface area contributed by atoms with Gasteiger partial charge in [-0.15, -0.1) is 0 Å². The molecule has 110 valence electrons. The van der Waals surface area contributed by atoms with Gasteiger partial charge in [0.2, 0.25) is 0 Å². The smallest absolute Gasteiger partial charge is 0.270 e. The minimum atomic E-state index is -0.372. The van der Waals surface area contributed by atoms with E-state index in [2.05, 4.69) is 27.8 Å². The zero-order chi connectivity index (χ0) is 14.7. The van der Waals surface area contributed by atoms with Crippen molar-refractivity contribution in [3.63, 3.8) is 0 Å². The Bertz CT molecular complexity index is 485. The molecule has 1 aliphatic heterocycles. The van der Waals surface area contributed by atoms with Gasteiger partial charge < -0.3 is 5.73 Å². The van der Waals surface area contributed by atoms with E-state index in [1.54, 1.807) is 12.1 Å². The number of nitro groups is 1. The van der Waals surface area contributed by atoms with Gasteiger partial charge in [-0.25, -0.2) is 0 Å². The molecule has 0 radical (unpaired) electrons. The number of likely N-dealkylation sites (tertiary alicyclic amines) is 1. The molecule has 0 bridgehead atoms. The molecule has 5 nitrogen and oxygen atoms in total. The van der Waals surface area contributed by atoms with Crippen LogP contribution in [0.1, 0.15) is 25.3 Å². The van der Waals surface area contributed by atoms with Gasteiger partial charge in [-0.1, -0.05) is 15.9 Å². The van der Waals surface area contributed by atoms with Crippen LogP contribution in [-0.4, -0.2) is 29.0 Å². The Labute approximate surface area is 127 Å². The number of rotatable bonds is 4. The zero-order valence-electron chi connectivity index (χ0n) is 11.6. The molecule has 1 saturated heterocycles. The van der Waals surface area contributed by atoms with Crippen LogP contribution in [0.2, 0.25) is 0 Å². The number of halogens is 1. The maximum Gasteiger partial charge on any atom is 0.270 e. The molecule has 2 rings (SSSR count). The first-order valence-electron chi connectivity index (χ1n) is 6.88. The molecule has 1 atom stereocenters. The van der Waals surface area contributed by atoms with E-state index in [0.717, 1.165) is 42.5 Å². The van der Waals surface area contributed by atoms with Crippen LogP contribution in [0.25, 0.3) is 0 Å². The lowest BCUT2D eigenvalue weighted by molar-refractivity contribution is -0.384. The van der Waals surface area contributed by atoms with Crippen molar-refractivity contribution in [3.05, 3.63) is 38.3 Å². The summed E-state index contributed by atoms with van der Waals surface area (Å²) in [5.41, 5.74) is 7.16. The molecule has 0 amide bonds. The summed E-state index contributed by atoms with van der Waals surface area (Å²) in [7, 11) is 0. The van der Waals surface area contributed by atoms with Crippen LogP contribution < -0.4 is 5.73 Å². The second kappa shape index (κ2) is 6.65. The van der Waals surface area contributed by atoms with Crippen LogP contribution in [0.4, 0.5) is 5.69 Å². The minimum Gasteiger partial charge on any atom is -0.328 e. The van der Waals surface area contributed by atoms with E-state index >= 15 is 0 Å². The van der Waals surface area contributed by atoms with Crippen molar-refractivity contribution >= 4 is 21.6 Å². The molecule has 0 aliphatic carbocycles. The van der Waals surface area contributed by atoms with Crippen LogP contribution in [0, 0.1) is 16.0 Å². The number of benzene rings is 1. The van der Waals surface area contributed by atoms with Crippen molar-refractivity contribution in [1.82, 2.24) is 4.90 Å². The summed E-state index contributed by atoms with van der Waals surface area (Å²) in [5.74, 6) is 0.617. The van der Waals surface area contributed by atoms with Gasteiger partial charge in [0.1, 0.15) is 0 Å². The molecule has 1 aromatic rings. The van der Waals surface area contributed by atoms with E-state index in [0.29, 0.717) is 5.92 Å². The van der Waals surface area contributed by atoms with E-state index in [1.807, 2.05) is 6.07 Å². The molecule has 1 heterocycles. The highest BCUT2D eigenvalue weighted by Gasteiger charge is 2.22. The normalized spacial score (nSPS) is 18.9. The maximum absolute atomic E-state index is 10.7. The van der Waals surface area contributed by atoms with Gasteiger partial charge in [-0.05, 0) is 50.4 Å². The number of nitrogens with two attached hydrogens (primary N) is 1. The first kappa shape index (κ1) is 15.4. The first-order valence-corrected chi connectivity index (χ1v) is 7.67. The monoisotopic (exact) mass is 341 g/mol. The second-order valence-electron chi connectivity index (χ2n) is 5.51. The number of hydrogen-bond donors (Lipinski definition) is 1. The van der Waals surface area contributed by atoms with E-state index in [-0.39, 0.29) is 16.7 Å². The molecular formula is C14H20BrN3O2. The highest BCUT2D eigenvalue weighted by Crippen LogP contribution is 2.26. The topological polar surface area (TPSA) is 72.4 Å². The fourth-order valence-electron chi connectivity index (χ4n) is 2.66. The Hall–Kier alpha value is -0.980. The highest BCUT2D eigenvalue weighted by molar-refractivity contribution is 9.10. The van der Waals surface area contributed by atoms with Crippen LogP contribution in [0.3, 0.4) is 0 Å². The minimum absolute atomic E-state index is 0.122. The predicted molar refractivity (Wildman–Crippen MR) is 82.4 cm³/mol. The summed E-state index contributed by atoms with van der Waals surface area (Å²) in [4.78, 5) is 12.7. The molecule has 0 spiro atoms. The molecule has 6 heteroatoms. The molecule has 1 fully saturated rings. The van der Waals surface area contributed by atoms with Crippen molar-refractivity contribution in [2.75, 3.05) is 13.1 Å². The van der Waals surface area contributed by atoms with E-state index in [4.69, 9.17) is 5.73 Å². The first-order chi connectivity index (χ1) is 9.47. The van der Waals surface area contributed by atoms with Gasteiger partial charge in [0.05, 0.1) is 4.92 Å². The van der Waals surface area contributed by atoms with Crippen molar-refractivity contribution < 1.29 is 4.92 Å². The summed E-state index contributed by atoms with van der Waals surface area (Å²) >= 11 is 3.43. The Morgan fingerprint density at radius 1 is 1.50 bits per heavy atom. The van der Waals surface area contributed by atoms with Crippen LogP contribution in [0.5, 0.6) is 0 Å². The van der Waals surface area contributed by atoms with Gasteiger partial charge in [0, 0.05) is 29.2 Å². The fourth-order valence-corrected chi connectivity index (χ4v) is 3.15. The molecule has 0 saturated carbocycles. The standard InChI is InChI=1S/C14H20BrN3O2/c1-10(16)11-4-6-17(7-5-11)9-12-2-3-13(18(19)20)8-14(12)15/h2-3,8,10-11H,4-7,9,16H2,1H3.